The molecule has 1 amide bonds. The van der Waals surface area contributed by atoms with Gasteiger partial charge in [0, 0.05) is 17.1 Å². The molecule has 1 aromatic carbocycles. The molecule has 5 nitrogen and oxygen atoms in total. The van der Waals surface area contributed by atoms with Crippen molar-refractivity contribution in [2.24, 2.45) is 11.3 Å². The molecule has 0 unspecified atom stereocenters. The van der Waals surface area contributed by atoms with E-state index in [4.69, 9.17) is 9.72 Å². The lowest BCUT2D eigenvalue weighted by molar-refractivity contribution is -0.125. The number of para-hydroxylation sites is 1. The molecule has 0 saturated heterocycles. The van der Waals surface area contributed by atoms with Crippen LogP contribution in [0.15, 0.2) is 24.3 Å². The Morgan fingerprint density at radius 1 is 1.19 bits per heavy atom. The Hall–Kier alpha value is -2.43. The van der Waals surface area contributed by atoms with Gasteiger partial charge in [-0.25, -0.2) is 4.79 Å². The van der Waals surface area contributed by atoms with Crippen molar-refractivity contribution in [2.45, 2.75) is 79.2 Å². The van der Waals surface area contributed by atoms with Crippen LogP contribution in [0.5, 0.6) is 0 Å². The highest BCUT2D eigenvalue weighted by molar-refractivity contribution is 6.05. The first kappa shape index (κ1) is 23.2. The summed E-state index contributed by atoms with van der Waals surface area (Å²) in [5.41, 5.74) is 3.59. The molecule has 3 rings (SSSR count). The molecule has 0 fully saturated rings. The number of nitrogens with one attached hydrogen (secondary N) is 1. The van der Waals surface area contributed by atoms with Gasteiger partial charge in [-0.1, -0.05) is 59.2 Å². The van der Waals surface area contributed by atoms with Crippen LogP contribution in [-0.2, 0) is 22.4 Å². The van der Waals surface area contributed by atoms with Gasteiger partial charge < -0.3 is 10.1 Å². The topological polar surface area (TPSA) is 68.3 Å². The number of aryl methyl sites for hydroxylation is 1. The van der Waals surface area contributed by atoms with Gasteiger partial charge in [0.15, 0.2) is 6.61 Å². The largest absolute Gasteiger partial charge is 0.452 e. The third-order valence-corrected chi connectivity index (χ3v) is 7.16. The smallest absolute Gasteiger partial charge is 0.339 e. The SMILES string of the molecule is CCC(CC)NC(=O)COC(=O)c1c2c(nc3ccccc13)CC[C@H](C(C)(C)CC)C2. The standard InChI is InChI=1S/C26H36N2O3/c1-6-18(7-2)27-23(29)16-31-25(30)24-19-11-9-10-12-21(19)28-22-14-13-17(15-20(22)24)26(4,5)8-3/h9-12,17-18H,6-8,13-16H2,1-5H3,(H,27,29)/t17-/m0/s1. The van der Waals surface area contributed by atoms with E-state index >= 15 is 0 Å². The first-order valence-corrected chi connectivity index (χ1v) is 11.7. The van der Waals surface area contributed by atoms with E-state index < -0.39 is 5.97 Å². The Labute approximate surface area is 186 Å². The van der Waals surface area contributed by atoms with Crippen molar-refractivity contribution in [2.75, 3.05) is 6.61 Å². The van der Waals surface area contributed by atoms with Gasteiger partial charge in [-0.3, -0.25) is 9.78 Å². The Morgan fingerprint density at radius 3 is 2.58 bits per heavy atom. The van der Waals surface area contributed by atoms with Crippen LogP contribution in [-0.4, -0.2) is 29.5 Å². The molecule has 2 aromatic rings. The van der Waals surface area contributed by atoms with Gasteiger partial charge in [-0.15, -0.1) is 0 Å². The molecule has 1 aliphatic rings. The molecule has 1 N–H and O–H groups in total. The van der Waals surface area contributed by atoms with Gasteiger partial charge in [-0.2, -0.15) is 0 Å². The maximum Gasteiger partial charge on any atom is 0.339 e. The minimum atomic E-state index is -0.426. The second-order valence-electron chi connectivity index (χ2n) is 9.37. The Kier molecular flexibility index (Phi) is 7.34. The van der Waals surface area contributed by atoms with Crippen molar-refractivity contribution in [1.82, 2.24) is 10.3 Å². The van der Waals surface area contributed by atoms with Crippen molar-refractivity contribution in [3.8, 4) is 0 Å². The van der Waals surface area contributed by atoms with Crippen molar-refractivity contribution < 1.29 is 14.3 Å². The van der Waals surface area contributed by atoms with E-state index in [-0.39, 0.29) is 24.0 Å². The average Bonchev–Trinajstić information content (AvgIpc) is 2.78. The summed E-state index contributed by atoms with van der Waals surface area (Å²) < 4.78 is 5.52. The molecule has 168 valence electrons. The number of carbonyl (C=O) groups is 2. The quantitative estimate of drug-likeness (QED) is 0.589. The van der Waals surface area contributed by atoms with Crippen LogP contribution in [0.3, 0.4) is 0 Å². The summed E-state index contributed by atoms with van der Waals surface area (Å²) in [4.78, 5) is 30.4. The van der Waals surface area contributed by atoms with E-state index in [9.17, 15) is 9.59 Å². The molecule has 1 heterocycles. The summed E-state index contributed by atoms with van der Waals surface area (Å²) in [7, 11) is 0. The van der Waals surface area contributed by atoms with Crippen LogP contribution in [0.4, 0.5) is 0 Å². The zero-order valence-corrected chi connectivity index (χ0v) is 19.6. The molecule has 31 heavy (non-hydrogen) atoms. The number of fused-ring (bicyclic) bond motifs is 2. The number of hydrogen-bond acceptors (Lipinski definition) is 4. The number of rotatable bonds is 8. The summed E-state index contributed by atoms with van der Waals surface area (Å²) in [6.07, 6.45) is 5.55. The van der Waals surface area contributed by atoms with E-state index in [0.29, 0.717) is 11.5 Å². The van der Waals surface area contributed by atoms with Crippen LogP contribution in [0, 0.1) is 11.3 Å². The molecule has 0 radical (unpaired) electrons. The zero-order valence-electron chi connectivity index (χ0n) is 19.6. The van der Waals surface area contributed by atoms with Crippen LogP contribution < -0.4 is 5.32 Å². The number of hydrogen-bond donors (Lipinski definition) is 1. The summed E-state index contributed by atoms with van der Waals surface area (Å²) in [6, 6.07) is 7.83. The minimum absolute atomic E-state index is 0.109. The predicted octanol–water partition coefficient (Wildman–Crippen LogP) is 5.24. The van der Waals surface area contributed by atoms with E-state index in [1.807, 2.05) is 38.1 Å². The number of ether oxygens (including phenoxy) is 1. The van der Waals surface area contributed by atoms with Gasteiger partial charge >= 0.3 is 5.97 Å². The van der Waals surface area contributed by atoms with Crippen LogP contribution in [0.25, 0.3) is 10.9 Å². The summed E-state index contributed by atoms with van der Waals surface area (Å²) in [5.74, 6) is -0.193. The lowest BCUT2D eigenvalue weighted by Crippen LogP contribution is -2.37. The van der Waals surface area contributed by atoms with Crippen molar-refractivity contribution in [3.05, 3.63) is 41.1 Å². The summed E-state index contributed by atoms with van der Waals surface area (Å²) >= 11 is 0. The van der Waals surface area contributed by atoms with Crippen LogP contribution >= 0.6 is 0 Å². The maximum atomic E-state index is 13.3. The lowest BCUT2D eigenvalue weighted by atomic mass is 9.68. The van der Waals surface area contributed by atoms with Crippen LogP contribution in [0.2, 0.25) is 0 Å². The molecule has 1 aliphatic carbocycles. The van der Waals surface area contributed by atoms with Crippen molar-refractivity contribution in [3.63, 3.8) is 0 Å². The monoisotopic (exact) mass is 424 g/mol. The normalized spacial score (nSPS) is 16.3. The second kappa shape index (κ2) is 9.80. The Bertz CT molecular complexity index is 947. The number of carbonyl (C=O) groups excluding carboxylic acids is 2. The van der Waals surface area contributed by atoms with E-state index in [1.165, 1.54) is 0 Å². The lowest BCUT2D eigenvalue weighted by Gasteiger charge is -2.37. The minimum Gasteiger partial charge on any atom is -0.452 e. The van der Waals surface area contributed by atoms with Crippen molar-refractivity contribution in [1.29, 1.82) is 0 Å². The molecule has 0 bridgehead atoms. The molecular formula is C26H36N2O3. The molecule has 0 spiro atoms. The summed E-state index contributed by atoms with van der Waals surface area (Å²) in [6.45, 7) is 10.6. The maximum absolute atomic E-state index is 13.3. The highest BCUT2D eigenvalue weighted by atomic mass is 16.5. The number of esters is 1. The molecule has 5 heteroatoms. The van der Waals surface area contributed by atoms with Gasteiger partial charge in [0.25, 0.3) is 5.91 Å². The molecule has 1 aromatic heterocycles. The van der Waals surface area contributed by atoms with Gasteiger partial charge in [0.1, 0.15) is 0 Å². The number of nitrogens with zero attached hydrogens (tertiary/aromatic N) is 1. The number of amides is 1. The number of benzene rings is 1. The molecule has 0 aliphatic heterocycles. The van der Waals surface area contributed by atoms with Gasteiger partial charge in [0.05, 0.1) is 11.1 Å². The van der Waals surface area contributed by atoms with Gasteiger partial charge in [-0.05, 0) is 55.1 Å². The third kappa shape index (κ3) is 5.08. The molecular weight excluding hydrogens is 388 g/mol. The van der Waals surface area contributed by atoms with Gasteiger partial charge in [0.2, 0.25) is 0 Å². The molecule has 1 atom stereocenters. The highest BCUT2D eigenvalue weighted by Crippen LogP contribution is 2.41. The highest BCUT2D eigenvalue weighted by Gasteiger charge is 2.34. The fraction of sp³-hybridized carbons (Fsp3) is 0.577. The number of aromatic nitrogens is 1. The fourth-order valence-electron chi connectivity index (χ4n) is 4.54. The summed E-state index contributed by atoms with van der Waals surface area (Å²) in [5, 5.41) is 3.74. The van der Waals surface area contributed by atoms with Crippen molar-refractivity contribution >= 4 is 22.8 Å². The van der Waals surface area contributed by atoms with Crippen LogP contribution in [0.1, 0.15) is 81.9 Å². The first-order chi connectivity index (χ1) is 14.8. The third-order valence-electron chi connectivity index (χ3n) is 7.16. The molecule has 0 saturated carbocycles. The predicted molar refractivity (Wildman–Crippen MR) is 124 cm³/mol. The first-order valence-electron chi connectivity index (χ1n) is 11.7. The zero-order chi connectivity index (χ0) is 22.6. The Balaban J connectivity index is 1.91. The average molecular weight is 425 g/mol. The van der Waals surface area contributed by atoms with E-state index in [0.717, 1.165) is 60.7 Å². The second-order valence-corrected chi connectivity index (χ2v) is 9.37. The van der Waals surface area contributed by atoms with E-state index in [2.05, 4.69) is 26.1 Å². The Morgan fingerprint density at radius 2 is 1.90 bits per heavy atom. The fourth-order valence-corrected chi connectivity index (χ4v) is 4.54. The number of pyridine rings is 1. The van der Waals surface area contributed by atoms with E-state index in [1.54, 1.807) is 0 Å².